The van der Waals surface area contributed by atoms with E-state index in [4.69, 9.17) is 17.3 Å². The third-order valence-corrected chi connectivity index (χ3v) is 2.58. The van der Waals surface area contributed by atoms with E-state index in [1.54, 1.807) is 6.07 Å². The number of ether oxygens (including phenoxy) is 1. The summed E-state index contributed by atoms with van der Waals surface area (Å²) in [6.45, 7) is 0.795. The van der Waals surface area contributed by atoms with E-state index in [9.17, 15) is 4.79 Å². The molecule has 0 unspecified atom stereocenters. The lowest BCUT2D eigenvalue weighted by Gasteiger charge is -2.05. The van der Waals surface area contributed by atoms with E-state index in [2.05, 4.69) is 21.9 Å². The van der Waals surface area contributed by atoms with E-state index in [0.717, 1.165) is 6.54 Å². The Morgan fingerprint density at radius 3 is 2.89 bits per heavy atom. The third kappa shape index (κ3) is 3.66. The molecule has 0 bridgehead atoms. The van der Waals surface area contributed by atoms with E-state index < -0.39 is 5.97 Å². The van der Waals surface area contributed by atoms with Gasteiger partial charge in [-0.2, -0.15) is 0 Å². The molecule has 1 aromatic rings. The highest BCUT2D eigenvalue weighted by atomic mass is 35.5. The van der Waals surface area contributed by atoms with Crippen LogP contribution in [0.1, 0.15) is 22.3 Å². The number of hydrogen-bond acceptors (Lipinski definition) is 4. The lowest BCUT2D eigenvalue weighted by Crippen LogP contribution is -2.06. The summed E-state index contributed by atoms with van der Waals surface area (Å²) >= 11 is 6.01. The zero-order chi connectivity index (χ0) is 13.5. The molecule has 0 spiro atoms. The molecule has 3 N–H and O–H groups in total. The Labute approximate surface area is 111 Å². The summed E-state index contributed by atoms with van der Waals surface area (Å²) in [7, 11) is 3.15. The fourth-order valence-electron chi connectivity index (χ4n) is 1.32. The van der Waals surface area contributed by atoms with Crippen molar-refractivity contribution < 1.29 is 9.53 Å². The molecule has 5 heteroatoms. The molecule has 0 radical (unpaired) electrons. The lowest BCUT2D eigenvalue weighted by molar-refractivity contribution is 0.0602. The van der Waals surface area contributed by atoms with Gasteiger partial charge in [0.25, 0.3) is 0 Å². The third-order valence-electron chi connectivity index (χ3n) is 2.27. The van der Waals surface area contributed by atoms with Crippen LogP contribution in [0.4, 0.5) is 5.69 Å². The van der Waals surface area contributed by atoms with Gasteiger partial charge < -0.3 is 15.8 Å². The Hall–Kier alpha value is -1.70. The molecule has 0 saturated heterocycles. The van der Waals surface area contributed by atoms with Gasteiger partial charge in [0.15, 0.2) is 0 Å². The van der Waals surface area contributed by atoms with Gasteiger partial charge in [0.1, 0.15) is 0 Å². The Balaban J connectivity index is 3.04. The van der Waals surface area contributed by atoms with Crippen molar-refractivity contribution in [2.75, 3.05) is 26.4 Å². The number of halogens is 1. The first-order valence-corrected chi connectivity index (χ1v) is 5.78. The van der Waals surface area contributed by atoms with Gasteiger partial charge in [-0.25, -0.2) is 4.79 Å². The number of anilines is 1. The number of hydrogen-bond donors (Lipinski definition) is 2. The zero-order valence-corrected chi connectivity index (χ0v) is 11.1. The molecule has 0 aromatic heterocycles. The van der Waals surface area contributed by atoms with Gasteiger partial charge in [0.2, 0.25) is 0 Å². The van der Waals surface area contributed by atoms with Crippen molar-refractivity contribution in [1.82, 2.24) is 5.32 Å². The first-order valence-electron chi connectivity index (χ1n) is 5.41. The Morgan fingerprint density at radius 1 is 1.56 bits per heavy atom. The number of nitrogens with two attached hydrogens (primary N) is 1. The number of esters is 1. The Kier molecular flexibility index (Phi) is 5.50. The molecule has 1 aromatic carbocycles. The lowest BCUT2D eigenvalue weighted by atomic mass is 10.1. The van der Waals surface area contributed by atoms with E-state index in [0.29, 0.717) is 17.0 Å². The fraction of sp³-hybridized carbons (Fsp3) is 0.308. The monoisotopic (exact) mass is 266 g/mol. The summed E-state index contributed by atoms with van der Waals surface area (Å²) in [4.78, 5) is 11.5. The standard InChI is InChI=1S/C13H15ClN2O2/c1-16-6-4-3-5-9-7-10(13(17)18-2)12(15)8-11(9)14/h7-8,16H,4,6,15H2,1-2H3. The zero-order valence-electron chi connectivity index (χ0n) is 10.3. The minimum Gasteiger partial charge on any atom is -0.465 e. The topological polar surface area (TPSA) is 64.3 Å². The van der Waals surface area contributed by atoms with Crippen LogP contribution in [0, 0.1) is 11.8 Å². The van der Waals surface area contributed by atoms with Gasteiger partial charge in [-0.3, -0.25) is 0 Å². The maximum Gasteiger partial charge on any atom is 0.340 e. The maximum atomic E-state index is 11.5. The molecule has 0 atom stereocenters. The second-order valence-corrected chi connectivity index (χ2v) is 3.97. The molecule has 0 saturated carbocycles. The Morgan fingerprint density at radius 2 is 2.28 bits per heavy atom. The summed E-state index contributed by atoms with van der Waals surface area (Å²) in [5.41, 5.74) is 6.83. The second kappa shape index (κ2) is 6.90. The minimum atomic E-state index is -0.498. The molecule has 0 heterocycles. The molecule has 0 aliphatic heterocycles. The van der Waals surface area contributed by atoms with Gasteiger partial charge in [-0.15, -0.1) is 0 Å². The molecular weight excluding hydrogens is 252 g/mol. The molecule has 0 amide bonds. The quantitative estimate of drug-likeness (QED) is 0.378. The molecule has 0 aliphatic carbocycles. The van der Waals surface area contributed by atoms with Crippen LogP contribution in [0.2, 0.25) is 5.02 Å². The van der Waals surface area contributed by atoms with E-state index in [1.165, 1.54) is 13.2 Å². The van der Waals surface area contributed by atoms with Crippen molar-refractivity contribution in [2.24, 2.45) is 0 Å². The molecule has 96 valence electrons. The van der Waals surface area contributed by atoms with E-state index in [1.807, 2.05) is 7.05 Å². The van der Waals surface area contributed by atoms with Gasteiger partial charge >= 0.3 is 5.97 Å². The molecule has 1 rings (SSSR count). The number of nitrogen functional groups attached to an aromatic ring is 1. The second-order valence-electron chi connectivity index (χ2n) is 3.57. The highest BCUT2D eigenvalue weighted by Crippen LogP contribution is 2.23. The molecule has 18 heavy (non-hydrogen) atoms. The minimum absolute atomic E-state index is 0.278. The number of carbonyl (C=O) groups is 1. The first-order chi connectivity index (χ1) is 8.60. The maximum absolute atomic E-state index is 11.5. The van der Waals surface area contributed by atoms with Gasteiger partial charge in [0, 0.05) is 24.2 Å². The molecule has 0 fully saturated rings. The summed E-state index contributed by atoms with van der Waals surface area (Å²) in [5.74, 6) is 5.37. The van der Waals surface area contributed by atoms with E-state index >= 15 is 0 Å². The SMILES string of the molecule is CNCCC#Cc1cc(C(=O)OC)c(N)cc1Cl. The molecular formula is C13H15ClN2O2. The predicted molar refractivity (Wildman–Crippen MR) is 72.6 cm³/mol. The summed E-state index contributed by atoms with van der Waals surface area (Å²) in [6, 6.07) is 3.06. The van der Waals surface area contributed by atoms with E-state index in [-0.39, 0.29) is 11.3 Å². The van der Waals surface area contributed by atoms with Crippen LogP contribution in [0.3, 0.4) is 0 Å². The number of carbonyl (C=O) groups excluding carboxylic acids is 1. The van der Waals surface area contributed by atoms with Crippen LogP contribution in [-0.2, 0) is 4.74 Å². The Bertz CT molecular complexity index is 504. The number of benzene rings is 1. The van der Waals surface area contributed by atoms with Crippen LogP contribution in [0.15, 0.2) is 12.1 Å². The largest absolute Gasteiger partial charge is 0.465 e. The normalized spacial score (nSPS) is 9.50. The smallest absolute Gasteiger partial charge is 0.340 e. The van der Waals surface area contributed by atoms with Crippen molar-refractivity contribution in [3.63, 3.8) is 0 Å². The van der Waals surface area contributed by atoms with Gasteiger partial charge in [0.05, 0.1) is 17.7 Å². The van der Waals surface area contributed by atoms with Crippen molar-refractivity contribution >= 4 is 23.3 Å². The average molecular weight is 267 g/mol. The number of methoxy groups -OCH3 is 1. The number of nitrogens with one attached hydrogen (secondary N) is 1. The highest BCUT2D eigenvalue weighted by Gasteiger charge is 2.12. The van der Waals surface area contributed by atoms with Crippen molar-refractivity contribution in [2.45, 2.75) is 6.42 Å². The first kappa shape index (κ1) is 14.4. The van der Waals surface area contributed by atoms with Gasteiger partial charge in [-0.05, 0) is 19.2 Å². The van der Waals surface area contributed by atoms with Crippen LogP contribution in [0.5, 0.6) is 0 Å². The van der Waals surface area contributed by atoms with Crippen molar-refractivity contribution in [3.05, 3.63) is 28.3 Å². The predicted octanol–water partition coefficient (Wildman–Crippen LogP) is 1.67. The number of rotatable bonds is 3. The average Bonchev–Trinajstić information content (AvgIpc) is 2.36. The van der Waals surface area contributed by atoms with Crippen LogP contribution in [0.25, 0.3) is 0 Å². The highest BCUT2D eigenvalue weighted by molar-refractivity contribution is 6.32. The summed E-state index contributed by atoms with van der Waals surface area (Å²) in [5, 5.41) is 3.41. The summed E-state index contributed by atoms with van der Waals surface area (Å²) < 4.78 is 4.63. The van der Waals surface area contributed by atoms with Crippen LogP contribution >= 0.6 is 11.6 Å². The van der Waals surface area contributed by atoms with Crippen molar-refractivity contribution in [3.8, 4) is 11.8 Å². The van der Waals surface area contributed by atoms with Gasteiger partial charge in [-0.1, -0.05) is 23.4 Å². The van der Waals surface area contributed by atoms with Crippen molar-refractivity contribution in [1.29, 1.82) is 0 Å². The fourth-order valence-corrected chi connectivity index (χ4v) is 1.54. The molecule has 4 nitrogen and oxygen atoms in total. The molecule has 0 aliphatic rings. The van der Waals surface area contributed by atoms with Crippen LogP contribution in [-0.4, -0.2) is 26.7 Å². The van der Waals surface area contributed by atoms with Crippen LogP contribution < -0.4 is 11.1 Å². The summed E-state index contributed by atoms with van der Waals surface area (Å²) in [6.07, 6.45) is 0.699.